The van der Waals surface area contributed by atoms with Crippen LogP contribution < -0.4 is 11.1 Å². The molecule has 1 rings (SSSR count). The van der Waals surface area contributed by atoms with Gasteiger partial charge in [-0.3, -0.25) is 4.79 Å². The smallest absolute Gasteiger partial charge is 0.224 e. The molecule has 1 aromatic rings. The number of nitrogens with two attached hydrogens (primary N) is 1. The first-order valence-electron chi connectivity index (χ1n) is 5.80. The molecule has 0 atom stereocenters. The molecule has 0 spiro atoms. The molecule has 1 aromatic carbocycles. The number of amides is 1. The van der Waals surface area contributed by atoms with Gasteiger partial charge in [-0.15, -0.1) is 0 Å². The number of hydrogen-bond donors (Lipinski definition) is 3. The van der Waals surface area contributed by atoms with Crippen molar-refractivity contribution >= 4 is 29.0 Å². The molecule has 1 amide bonds. The predicted octanol–water partition coefficient (Wildman–Crippen LogP) is 2.81. The number of anilines is 1. The summed E-state index contributed by atoms with van der Waals surface area (Å²) in [5.74, 6) is -0.139. The number of carbonyl (C=O) groups excluding carboxylic acids is 1. The lowest BCUT2D eigenvalue weighted by Crippen LogP contribution is -2.20. The molecular weight excluding hydrogens is 266 g/mol. The van der Waals surface area contributed by atoms with Gasteiger partial charge in [0, 0.05) is 12.0 Å². The molecular formula is C13H18ClN3O2. The first-order chi connectivity index (χ1) is 8.73. The fourth-order valence-electron chi connectivity index (χ4n) is 1.51. The van der Waals surface area contributed by atoms with E-state index in [9.17, 15) is 4.79 Å². The molecule has 0 aliphatic rings. The highest BCUT2D eigenvalue weighted by Gasteiger charge is 2.16. The average molecular weight is 284 g/mol. The van der Waals surface area contributed by atoms with Crippen LogP contribution in [-0.4, -0.2) is 17.0 Å². The largest absolute Gasteiger partial charge is 0.409 e. The van der Waals surface area contributed by atoms with Crippen molar-refractivity contribution in [3.8, 4) is 0 Å². The Balaban J connectivity index is 2.84. The van der Waals surface area contributed by atoms with Crippen LogP contribution in [0.2, 0.25) is 5.02 Å². The number of hydrogen-bond acceptors (Lipinski definition) is 3. The molecule has 19 heavy (non-hydrogen) atoms. The second-order valence-corrected chi connectivity index (χ2v) is 5.87. The van der Waals surface area contributed by atoms with Gasteiger partial charge >= 0.3 is 0 Å². The zero-order valence-corrected chi connectivity index (χ0v) is 12.0. The molecule has 4 N–H and O–H groups in total. The molecule has 6 heteroatoms. The molecule has 0 aliphatic carbocycles. The highest BCUT2D eigenvalue weighted by atomic mass is 35.5. The third-order valence-corrected chi connectivity index (χ3v) is 2.65. The second kappa shape index (κ2) is 5.93. The maximum Gasteiger partial charge on any atom is 0.224 e. The SMILES string of the molecule is CC(C)(C)CC(=O)Nc1ccc(/C(N)=N/O)cc1Cl. The van der Waals surface area contributed by atoms with Gasteiger partial charge in [0.25, 0.3) is 0 Å². The number of amidine groups is 1. The van der Waals surface area contributed by atoms with Crippen LogP contribution in [0, 0.1) is 5.41 Å². The van der Waals surface area contributed by atoms with Crippen LogP contribution in [0.4, 0.5) is 5.69 Å². The van der Waals surface area contributed by atoms with Gasteiger partial charge in [-0.2, -0.15) is 0 Å². The lowest BCUT2D eigenvalue weighted by Gasteiger charge is -2.17. The lowest BCUT2D eigenvalue weighted by molar-refractivity contribution is -0.117. The topological polar surface area (TPSA) is 87.7 Å². The van der Waals surface area contributed by atoms with Crippen LogP contribution in [0.25, 0.3) is 0 Å². The molecule has 0 heterocycles. The number of nitrogens with one attached hydrogen (secondary N) is 1. The van der Waals surface area contributed by atoms with E-state index in [2.05, 4.69) is 10.5 Å². The van der Waals surface area contributed by atoms with E-state index < -0.39 is 0 Å². The Morgan fingerprint density at radius 1 is 1.47 bits per heavy atom. The Kier molecular flexibility index (Phi) is 4.78. The molecule has 104 valence electrons. The normalized spacial score (nSPS) is 12.3. The van der Waals surface area contributed by atoms with Gasteiger partial charge in [0.1, 0.15) is 0 Å². The van der Waals surface area contributed by atoms with E-state index in [1.165, 1.54) is 6.07 Å². The zero-order valence-electron chi connectivity index (χ0n) is 11.2. The summed E-state index contributed by atoms with van der Waals surface area (Å²) >= 11 is 6.04. The highest BCUT2D eigenvalue weighted by molar-refractivity contribution is 6.34. The third-order valence-electron chi connectivity index (χ3n) is 2.34. The van der Waals surface area contributed by atoms with Crippen molar-refractivity contribution in [2.24, 2.45) is 16.3 Å². The first kappa shape index (κ1) is 15.3. The number of nitrogens with zero attached hydrogens (tertiary/aromatic N) is 1. The molecule has 0 radical (unpaired) electrons. The Hall–Kier alpha value is -1.75. The molecule has 0 aromatic heterocycles. The van der Waals surface area contributed by atoms with Crippen LogP contribution in [0.3, 0.4) is 0 Å². The van der Waals surface area contributed by atoms with E-state index in [1.54, 1.807) is 12.1 Å². The molecule has 5 nitrogen and oxygen atoms in total. The average Bonchev–Trinajstić information content (AvgIpc) is 2.28. The van der Waals surface area contributed by atoms with E-state index >= 15 is 0 Å². The van der Waals surface area contributed by atoms with Gasteiger partial charge < -0.3 is 16.3 Å². The van der Waals surface area contributed by atoms with Crippen molar-refractivity contribution in [3.63, 3.8) is 0 Å². The minimum atomic E-state index is -0.106. The number of carbonyl (C=O) groups is 1. The van der Waals surface area contributed by atoms with Gasteiger partial charge in [0.2, 0.25) is 5.91 Å². The number of halogens is 1. The van der Waals surface area contributed by atoms with Crippen molar-refractivity contribution in [3.05, 3.63) is 28.8 Å². The zero-order chi connectivity index (χ0) is 14.6. The maximum atomic E-state index is 11.8. The Morgan fingerprint density at radius 3 is 2.58 bits per heavy atom. The van der Waals surface area contributed by atoms with Crippen molar-refractivity contribution in [1.82, 2.24) is 0 Å². The van der Waals surface area contributed by atoms with E-state index in [1.807, 2.05) is 20.8 Å². The highest BCUT2D eigenvalue weighted by Crippen LogP contribution is 2.25. The minimum absolute atomic E-state index is 0.0329. The first-order valence-corrected chi connectivity index (χ1v) is 6.18. The molecule has 0 fully saturated rings. The summed E-state index contributed by atoms with van der Waals surface area (Å²) in [6.45, 7) is 5.95. The van der Waals surface area contributed by atoms with Crippen molar-refractivity contribution in [2.75, 3.05) is 5.32 Å². The summed E-state index contributed by atoms with van der Waals surface area (Å²) < 4.78 is 0. The van der Waals surface area contributed by atoms with Crippen LogP contribution in [0.1, 0.15) is 32.8 Å². The van der Waals surface area contributed by atoms with E-state index in [0.29, 0.717) is 22.7 Å². The molecule has 0 saturated carbocycles. The monoisotopic (exact) mass is 283 g/mol. The number of rotatable bonds is 3. The summed E-state index contributed by atoms with van der Waals surface area (Å²) in [6, 6.07) is 4.77. The van der Waals surface area contributed by atoms with Gasteiger partial charge in [-0.1, -0.05) is 37.5 Å². The fraction of sp³-hybridized carbons (Fsp3) is 0.385. The predicted molar refractivity (Wildman–Crippen MR) is 76.7 cm³/mol. The molecule has 0 unspecified atom stereocenters. The Bertz CT molecular complexity index is 507. The third kappa shape index (κ3) is 4.79. The van der Waals surface area contributed by atoms with Crippen LogP contribution in [0.5, 0.6) is 0 Å². The standard InChI is InChI=1S/C13H18ClN3O2/c1-13(2,3)7-11(18)16-10-5-4-8(6-9(10)14)12(15)17-19/h4-6,19H,7H2,1-3H3,(H2,15,17)(H,16,18). The van der Waals surface area contributed by atoms with Crippen LogP contribution >= 0.6 is 11.6 Å². The van der Waals surface area contributed by atoms with Gasteiger partial charge in [0.15, 0.2) is 5.84 Å². The van der Waals surface area contributed by atoms with E-state index in [0.717, 1.165) is 0 Å². The van der Waals surface area contributed by atoms with Crippen molar-refractivity contribution in [2.45, 2.75) is 27.2 Å². The Labute approximate surface area is 117 Å². The van der Waals surface area contributed by atoms with Gasteiger partial charge in [-0.05, 0) is 23.6 Å². The quantitative estimate of drug-likeness (QED) is 0.345. The number of benzene rings is 1. The fourth-order valence-corrected chi connectivity index (χ4v) is 1.74. The van der Waals surface area contributed by atoms with Crippen molar-refractivity contribution in [1.29, 1.82) is 0 Å². The molecule has 0 bridgehead atoms. The number of oxime groups is 1. The van der Waals surface area contributed by atoms with E-state index in [-0.39, 0.29) is 17.2 Å². The van der Waals surface area contributed by atoms with Crippen molar-refractivity contribution < 1.29 is 10.0 Å². The maximum absolute atomic E-state index is 11.8. The van der Waals surface area contributed by atoms with Gasteiger partial charge in [0.05, 0.1) is 10.7 Å². The Morgan fingerprint density at radius 2 is 2.11 bits per heavy atom. The summed E-state index contributed by atoms with van der Waals surface area (Å²) in [5, 5.41) is 14.5. The van der Waals surface area contributed by atoms with Gasteiger partial charge in [-0.25, -0.2) is 0 Å². The summed E-state index contributed by atoms with van der Waals surface area (Å²) in [4.78, 5) is 11.8. The second-order valence-electron chi connectivity index (χ2n) is 5.47. The summed E-state index contributed by atoms with van der Waals surface area (Å²) in [5.41, 5.74) is 6.35. The molecule has 0 saturated heterocycles. The summed E-state index contributed by atoms with van der Waals surface area (Å²) in [7, 11) is 0. The molecule has 0 aliphatic heterocycles. The summed E-state index contributed by atoms with van der Waals surface area (Å²) in [6.07, 6.45) is 0.394. The van der Waals surface area contributed by atoms with Crippen LogP contribution in [0.15, 0.2) is 23.4 Å². The lowest BCUT2D eigenvalue weighted by atomic mass is 9.92. The van der Waals surface area contributed by atoms with Crippen LogP contribution in [-0.2, 0) is 4.79 Å². The minimum Gasteiger partial charge on any atom is -0.409 e. The van der Waals surface area contributed by atoms with E-state index in [4.69, 9.17) is 22.5 Å².